The standard InChI is InChI=1S/C16H17NO2/c18-16(17-11-5-2-6-12-17)15-10-9-14(19-15)13-7-3-1-4-8-13/h1,3-4,7-10H,2,5-6,11-12H2. The summed E-state index contributed by atoms with van der Waals surface area (Å²) in [6.07, 6.45) is 3.41. The molecule has 2 heterocycles. The van der Waals surface area contributed by atoms with Gasteiger partial charge in [0.15, 0.2) is 5.76 Å². The molecule has 1 aliphatic rings. The fourth-order valence-corrected chi connectivity index (χ4v) is 2.46. The molecule has 0 spiro atoms. The molecule has 1 amide bonds. The van der Waals surface area contributed by atoms with E-state index in [9.17, 15) is 4.79 Å². The number of furan rings is 1. The molecule has 1 aromatic heterocycles. The van der Waals surface area contributed by atoms with Crippen molar-refractivity contribution in [2.45, 2.75) is 19.3 Å². The normalized spacial score (nSPS) is 15.5. The van der Waals surface area contributed by atoms with E-state index in [4.69, 9.17) is 4.42 Å². The number of likely N-dealkylation sites (tertiary alicyclic amines) is 1. The molecule has 0 radical (unpaired) electrons. The van der Waals surface area contributed by atoms with Crippen molar-refractivity contribution >= 4 is 5.91 Å². The maximum atomic E-state index is 12.3. The van der Waals surface area contributed by atoms with Gasteiger partial charge in [0, 0.05) is 18.7 Å². The number of carbonyl (C=O) groups excluding carboxylic acids is 1. The third-order valence-electron chi connectivity index (χ3n) is 3.52. The van der Waals surface area contributed by atoms with E-state index in [1.165, 1.54) is 6.42 Å². The minimum Gasteiger partial charge on any atom is -0.451 e. The second-order valence-corrected chi connectivity index (χ2v) is 4.88. The van der Waals surface area contributed by atoms with E-state index in [0.29, 0.717) is 5.76 Å². The molecule has 0 aliphatic carbocycles. The van der Waals surface area contributed by atoms with Gasteiger partial charge in [-0.15, -0.1) is 0 Å². The average molecular weight is 255 g/mol. The number of benzene rings is 1. The summed E-state index contributed by atoms with van der Waals surface area (Å²) in [7, 11) is 0. The van der Waals surface area contributed by atoms with Gasteiger partial charge in [-0.05, 0) is 31.4 Å². The molecule has 0 N–H and O–H groups in total. The van der Waals surface area contributed by atoms with Crippen molar-refractivity contribution in [2.75, 3.05) is 13.1 Å². The van der Waals surface area contributed by atoms with Crippen molar-refractivity contribution in [3.05, 3.63) is 48.2 Å². The SMILES string of the molecule is O=C(c1ccc(-c2ccccc2)o1)N1CCCCC1. The summed E-state index contributed by atoms with van der Waals surface area (Å²) in [5, 5.41) is 0. The van der Waals surface area contributed by atoms with Gasteiger partial charge in [-0.3, -0.25) is 4.79 Å². The lowest BCUT2D eigenvalue weighted by Crippen LogP contribution is -2.35. The third-order valence-corrected chi connectivity index (χ3v) is 3.52. The lowest BCUT2D eigenvalue weighted by molar-refractivity contribution is 0.0693. The highest BCUT2D eigenvalue weighted by atomic mass is 16.4. The minimum absolute atomic E-state index is 0.0156. The molecular formula is C16H17NO2. The zero-order chi connectivity index (χ0) is 13.1. The highest BCUT2D eigenvalue weighted by molar-refractivity contribution is 5.92. The van der Waals surface area contributed by atoms with Crippen molar-refractivity contribution in [3.8, 4) is 11.3 Å². The van der Waals surface area contributed by atoms with Crippen molar-refractivity contribution < 1.29 is 9.21 Å². The van der Waals surface area contributed by atoms with Crippen LogP contribution in [0.3, 0.4) is 0 Å². The third kappa shape index (κ3) is 2.55. The van der Waals surface area contributed by atoms with Crippen LogP contribution in [0.5, 0.6) is 0 Å². The Kier molecular flexibility index (Phi) is 3.36. The number of carbonyl (C=O) groups is 1. The van der Waals surface area contributed by atoms with Gasteiger partial charge >= 0.3 is 0 Å². The molecule has 0 unspecified atom stereocenters. The van der Waals surface area contributed by atoms with Gasteiger partial charge in [-0.1, -0.05) is 30.3 Å². The molecule has 1 fully saturated rings. The van der Waals surface area contributed by atoms with Crippen LogP contribution in [-0.4, -0.2) is 23.9 Å². The van der Waals surface area contributed by atoms with E-state index < -0.39 is 0 Å². The van der Waals surface area contributed by atoms with Crippen LogP contribution in [0.4, 0.5) is 0 Å². The monoisotopic (exact) mass is 255 g/mol. The van der Waals surface area contributed by atoms with Crippen molar-refractivity contribution in [3.63, 3.8) is 0 Å². The first-order chi connectivity index (χ1) is 9.34. The summed E-state index contributed by atoms with van der Waals surface area (Å²) >= 11 is 0. The molecule has 1 aliphatic heterocycles. The van der Waals surface area contributed by atoms with Crippen LogP contribution < -0.4 is 0 Å². The summed E-state index contributed by atoms with van der Waals surface area (Å²) in [6, 6.07) is 13.5. The van der Waals surface area contributed by atoms with E-state index >= 15 is 0 Å². The van der Waals surface area contributed by atoms with Crippen LogP contribution in [0.2, 0.25) is 0 Å². The molecule has 0 atom stereocenters. The summed E-state index contributed by atoms with van der Waals surface area (Å²) in [5.41, 5.74) is 1.00. The topological polar surface area (TPSA) is 33.5 Å². The van der Waals surface area contributed by atoms with Gasteiger partial charge in [-0.25, -0.2) is 0 Å². The first kappa shape index (κ1) is 12.0. The first-order valence-electron chi connectivity index (χ1n) is 6.79. The number of rotatable bonds is 2. The van der Waals surface area contributed by atoms with Crippen molar-refractivity contribution in [1.82, 2.24) is 4.90 Å². The zero-order valence-electron chi connectivity index (χ0n) is 10.8. The fourth-order valence-electron chi connectivity index (χ4n) is 2.46. The van der Waals surface area contributed by atoms with Crippen LogP contribution in [-0.2, 0) is 0 Å². The smallest absolute Gasteiger partial charge is 0.289 e. The van der Waals surface area contributed by atoms with E-state index in [0.717, 1.165) is 37.3 Å². The van der Waals surface area contributed by atoms with Crippen LogP contribution in [0.25, 0.3) is 11.3 Å². The summed E-state index contributed by atoms with van der Waals surface area (Å²) in [6.45, 7) is 1.69. The lowest BCUT2D eigenvalue weighted by atomic mass is 10.1. The zero-order valence-corrected chi connectivity index (χ0v) is 10.8. The quantitative estimate of drug-likeness (QED) is 0.822. The van der Waals surface area contributed by atoms with Gasteiger partial charge in [0.05, 0.1) is 0 Å². The fraction of sp³-hybridized carbons (Fsp3) is 0.312. The van der Waals surface area contributed by atoms with Crippen LogP contribution >= 0.6 is 0 Å². The molecule has 3 rings (SSSR count). The van der Waals surface area contributed by atoms with E-state index in [1.54, 1.807) is 6.07 Å². The van der Waals surface area contributed by atoms with Crippen LogP contribution in [0, 0.1) is 0 Å². The van der Waals surface area contributed by atoms with Crippen molar-refractivity contribution in [2.24, 2.45) is 0 Å². The number of hydrogen-bond acceptors (Lipinski definition) is 2. The Bertz CT molecular complexity index is 553. The van der Waals surface area contributed by atoms with Gasteiger partial charge in [0.2, 0.25) is 0 Å². The predicted octanol–water partition coefficient (Wildman–Crippen LogP) is 3.57. The highest BCUT2D eigenvalue weighted by Crippen LogP contribution is 2.23. The molecule has 3 heteroatoms. The van der Waals surface area contributed by atoms with Crippen molar-refractivity contribution in [1.29, 1.82) is 0 Å². The maximum Gasteiger partial charge on any atom is 0.289 e. The molecule has 0 bridgehead atoms. The molecule has 2 aromatic rings. The first-order valence-corrected chi connectivity index (χ1v) is 6.79. The Morgan fingerprint density at radius 3 is 2.42 bits per heavy atom. The predicted molar refractivity (Wildman–Crippen MR) is 73.9 cm³/mol. The van der Waals surface area contributed by atoms with Crippen LogP contribution in [0.15, 0.2) is 46.9 Å². The Morgan fingerprint density at radius 2 is 1.68 bits per heavy atom. The molecule has 19 heavy (non-hydrogen) atoms. The van der Waals surface area contributed by atoms with Gasteiger partial charge < -0.3 is 9.32 Å². The molecule has 1 aromatic carbocycles. The highest BCUT2D eigenvalue weighted by Gasteiger charge is 2.21. The second kappa shape index (κ2) is 5.31. The van der Waals surface area contributed by atoms with Gasteiger partial charge in [0.25, 0.3) is 5.91 Å². The maximum absolute atomic E-state index is 12.3. The Hall–Kier alpha value is -2.03. The molecule has 0 saturated carbocycles. The number of piperidine rings is 1. The number of hydrogen-bond donors (Lipinski definition) is 0. The lowest BCUT2D eigenvalue weighted by Gasteiger charge is -2.25. The van der Waals surface area contributed by atoms with Crippen LogP contribution in [0.1, 0.15) is 29.8 Å². The summed E-state index contributed by atoms with van der Waals surface area (Å²) in [5.74, 6) is 1.21. The molecular weight excluding hydrogens is 238 g/mol. The number of nitrogens with zero attached hydrogens (tertiary/aromatic N) is 1. The minimum atomic E-state index is 0.0156. The molecule has 1 saturated heterocycles. The summed E-state index contributed by atoms with van der Waals surface area (Å²) < 4.78 is 5.69. The molecule has 3 nitrogen and oxygen atoms in total. The Balaban J connectivity index is 1.79. The van der Waals surface area contributed by atoms with E-state index in [1.807, 2.05) is 41.3 Å². The average Bonchev–Trinajstić information content (AvgIpc) is 2.98. The Morgan fingerprint density at radius 1 is 0.947 bits per heavy atom. The van der Waals surface area contributed by atoms with Gasteiger partial charge in [-0.2, -0.15) is 0 Å². The van der Waals surface area contributed by atoms with E-state index in [2.05, 4.69) is 0 Å². The van der Waals surface area contributed by atoms with E-state index in [-0.39, 0.29) is 5.91 Å². The number of amides is 1. The Labute approximate surface area is 112 Å². The van der Waals surface area contributed by atoms with Gasteiger partial charge in [0.1, 0.15) is 5.76 Å². The molecule has 98 valence electrons. The second-order valence-electron chi connectivity index (χ2n) is 4.88. The largest absolute Gasteiger partial charge is 0.451 e. The summed E-state index contributed by atoms with van der Waals surface area (Å²) in [4.78, 5) is 14.2.